The van der Waals surface area contributed by atoms with Crippen LogP contribution in [0.2, 0.25) is 0 Å². The third-order valence-corrected chi connectivity index (χ3v) is 4.04. The minimum Gasteiger partial charge on any atom is -0.397 e. The summed E-state index contributed by atoms with van der Waals surface area (Å²) in [5.74, 6) is 1.01. The Morgan fingerprint density at radius 3 is 2.56 bits per heavy atom. The SMILES string of the molecule is Cc1c(N)cnc(N2CCN(C)CC2)c1Br. The van der Waals surface area contributed by atoms with Crippen molar-refractivity contribution in [3.8, 4) is 0 Å². The van der Waals surface area contributed by atoms with Crippen LogP contribution < -0.4 is 10.6 Å². The number of pyridine rings is 1. The number of nitrogens with zero attached hydrogens (tertiary/aromatic N) is 3. The van der Waals surface area contributed by atoms with Gasteiger partial charge in [-0.1, -0.05) is 0 Å². The molecule has 2 N–H and O–H groups in total. The van der Waals surface area contributed by atoms with Crippen LogP contribution in [0, 0.1) is 6.92 Å². The van der Waals surface area contributed by atoms with Gasteiger partial charge in [-0.25, -0.2) is 4.98 Å². The van der Waals surface area contributed by atoms with Gasteiger partial charge < -0.3 is 15.5 Å². The van der Waals surface area contributed by atoms with Gasteiger partial charge in [0.2, 0.25) is 0 Å². The normalized spacial score (nSPS) is 17.8. The van der Waals surface area contributed by atoms with Crippen molar-refractivity contribution >= 4 is 27.4 Å². The van der Waals surface area contributed by atoms with Crippen molar-refractivity contribution in [3.63, 3.8) is 0 Å². The highest BCUT2D eigenvalue weighted by atomic mass is 79.9. The number of likely N-dealkylation sites (N-methyl/N-ethyl adjacent to an activating group) is 1. The van der Waals surface area contributed by atoms with Gasteiger partial charge in [0.05, 0.1) is 16.4 Å². The van der Waals surface area contributed by atoms with Crippen LogP contribution in [-0.2, 0) is 0 Å². The minimum atomic E-state index is 0.741. The number of nitrogen functional groups attached to an aromatic ring is 1. The van der Waals surface area contributed by atoms with Crippen molar-refractivity contribution in [1.82, 2.24) is 9.88 Å². The molecule has 16 heavy (non-hydrogen) atoms. The maximum atomic E-state index is 5.82. The number of hydrogen-bond donors (Lipinski definition) is 1. The maximum absolute atomic E-state index is 5.82. The Morgan fingerprint density at radius 2 is 1.94 bits per heavy atom. The Kier molecular flexibility index (Phi) is 3.35. The van der Waals surface area contributed by atoms with E-state index in [-0.39, 0.29) is 0 Å². The lowest BCUT2D eigenvalue weighted by atomic mass is 10.2. The summed E-state index contributed by atoms with van der Waals surface area (Å²) in [7, 11) is 2.15. The first-order valence-electron chi connectivity index (χ1n) is 5.43. The van der Waals surface area contributed by atoms with Gasteiger partial charge in [-0.2, -0.15) is 0 Å². The van der Waals surface area contributed by atoms with E-state index in [2.05, 4.69) is 37.8 Å². The monoisotopic (exact) mass is 284 g/mol. The summed E-state index contributed by atoms with van der Waals surface area (Å²) in [6.07, 6.45) is 1.74. The fraction of sp³-hybridized carbons (Fsp3) is 0.545. The summed E-state index contributed by atoms with van der Waals surface area (Å²) >= 11 is 3.58. The molecule has 1 fully saturated rings. The van der Waals surface area contributed by atoms with Gasteiger partial charge in [0, 0.05) is 26.2 Å². The summed E-state index contributed by atoms with van der Waals surface area (Å²) in [5, 5.41) is 0. The number of aromatic nitrogens is 1. The van der Waals surface area contributed by atoms with E-state index in [1.54, 1.807) is 6.20 Å². The molecule has 1 saturated heterocycles. The maximum Gasteiger partial charge on any atom is 0.143 e. The predicted octanol–water partition coefficient (Wildman–Crippen LogP) is 1.49. The Labute approximate surface area is 105 Å². The minimum absolute atomic E-state index is 0.741. The van der Waals surface area contributed by atoms with Crippen LogP contribution in [-0.4, -0.2) is 43.1 Å². The molecular weight excluding hydrogens is 268 g/mol. The number of halogens is 1. The Balaban J connectivity index is 2.24. The largest absolute Gasteiger partial charge is 0.397 e. The Morgan fingerprint density at radius 1 is 1.31 bits per heavy atom. The van der Waals surface area contributed by atoms with Crippen molar-refractivity contribution < 1.29 is 0 Å². The molecule has 0 aliphatic carbocycles. The van der Waals surface area contributed by atoms with E-state index in [0.29, 0.717) is 0 Å². The van der Waals surface area contributed by atoms with Crippen molar-refractivity contribution in [2.24, 2.45) is 0 Å². The summed E-state index contributed by atoms with van der Waals surface area (Å²) in [6, 6.07) is 0. The van der Waals surface area contributed by atoms with Crippen LogP contribution in [0.3, 0.4) is 0 Å². The molecule has 1 aliphatic heterocycles. The van der Waals surface area contributed by atoms with Gasteiger partial charge >= 0.3 is 0 Å². The molecule has 1 aliphatic rings. The topological polar surface area (TPSA) is 45.4 Å². The quantitative estimate of drug-likeness (QED) is 0.849. The van der Waals surface area contributed by atoms with E-state index < -0.39 is 0 Å². The van der Waals surface area contributed by atoms with E-state index in [9.17, 15) is 0 Å². The smallest absolute Gasteiger partial charge is 0.143 e. The standard InChI is InChI=1S/C11H17BrN4/c1-8-9(13)7-14-11(10(8)12)16-5-3-15(2)4-6-16/h7H,3-6,13H2,1-2H3. The number of nitrogens with two attached hydrogens (primary N) is 1. The third-order valence-electron chi connectivity index (χ3n) is 3.09. The lowest BCUT2D eigenvalue weighted by Crippen LogP contribution is -2.45. The van der Waals surface area contributed by atoms with Crippen molar-refractivity contribution in [2.75, 3.05) is 43.9 Å². The van der Waals surface area contributed by atoms with Crippen LogP contribution >= 0.6 is 15.9 Å². The van der Waals surface area contributed by atoms with Crippen LogP contribution in [0.15, 0.2) is 10.7 Å². The molecule has 0 atom stereocenters. The fourth-order valence-corrected chi connectivity index (χ4v) is 2.40. The molecule has 0 radical (unpaired) electrons. The van der Waals surface area contributed by atoms with Gasteiger partial charge in [-0.05, 0) is 35.5 Å². The molecule has 88 valence electrons. The number of hydrogen-bond acceptors (Lipinski definition) is 4. The van der Waals surface area contributed by atoms with Gasteiger partial charge in [-0.3, -0.25) is 0 Å². The number of anilines is 2. The predicted molar refractivity (Wildman–Crippen MR) is 70.8 cm³/mol. The lowest BCUT2D eigenvalue weighted by Gasteiger charge is -2.34. The molecule has 0 amide bonds. The zero-order valence-electron chi connectivity index (χ0n) is 9.70. The molecule has 4 nitrogen and oxygen atoms in total. The number of piperazine rings is 1. The second kappa shape index (κ2) is 4.59. The van der Waals surface area contributed by atoms with Gasteiger partial charge in [0.1, 0.15) is 5.82 Å². The first-order valence-corrected chi connectivity index (χ1v) is 6.23. The molecule has 0 bridgehead atoms. The highest BCUT2D eigenvalue weighted by Crippen LogP contribution is 2.30. The first-order chi connectivity index (χ1) is 7.59. The van der Waals surface area contributed by atoms with Crippen molar-refractivity contribution in [2.45, 2.75) is 6.92 Å². The molecule has 2 heterocycles. The van der Waals surface area contributed by atoms with Crippen molar-refractivity contribution in [1.29, 1.82) is 0 Å². The zero-order valence-corrected chi connectivity index (χ0v) is 11.3. The van der Waals surface area contributed by atoms with E-state index >= 15 is 0 Å². The average molecular weight is 285 g/mol. The zero-order chi connectivity index (χ0) is 11.7. The second-order valence-corrected chi connectivity index (χ2v) is 5.06. The molecule has 0 aromatic carbocycles. The Hall–Kier alpha value is -0.810. The summed E-state index contributed by atoms with van der Waals surface area (Å²) < 4.78 is 1.03. The molecule has 1 aromatic rings. The fourth-order valence-electron chi connectivity index (χ4n) is 1.82. The molecule has 0 spiro atoms. The molecule has 5 heteroatoms. The van der Waals surface area contributed by atoms with Crippen LogP contribution in [0.4, 0.5) is 11.5 Å². The molecule has 2 rings (SSSR count). The molecular formula is C11H17BrN4. The van der Waals surface area contributed by atoms with Crippen LogP contribution in [0.25, 0.3) is 0 Å². The second-order valence-electron chi connectivity index (χ2n) is 4.27. The van der Waals surface area contributed by atoms with Gasteiger partial charge in [0.15, 0.2) is 0 Å². The highest BCUT2D eigenvalue weighted by Gasteiger charge is 2.18. The first kappa shape index (κ1) is 11.7. The highest BCUT2D eigenvalue weighted by molar-refractivity contribution is 9.10. The number of rotatable bonds is 1. The van der Waals surface area contributed by atoms with Crippen LogP contribution in [0.1, 0.15) is 5.56 Å². The molecule has 0 saturated carbocycles. The molecule has 1 aromatic heterocycles. The average Bonchev–Trinajstić information content (AvgIpc) is 2.28. The molecule has 0 unspecified atom stereocenters. The lowest BCUT2D eigenvalue weighted by molar-refractivity contribution is 0.312. The van der Waals surface area contributed by atoms with Crippen molar-refractivity contribution in [3.05, 3.63) is 16.2 Å². The van der Waals surface area contributed by atoms with E-state index in [0.717, 1.165) is 47.7 Å². The van der Waals surface area contributed by atoms with E-state index in [1.165, 1.54) is 0 Å². The summed E-state index contributed by atoms with van der Waals surface area (Å²) in [4.78, 5) is 9.05. The van der Waals surface area contributed by atoms with E-state index in [1.807, 2.05) is 6.92 Å². The summed E-state index contributed by atoms with van der Waals surface area (Å²) in [6.45, 7) is 6.21. The van der Waals surface area contributed by atoms with Crippen LogP contribution in [0.5, 0.6) is 0 Å². The third kappa shape index (κ3) is 2.15. The summed E-state index contributed by atoms with van der Waals surface area (Å²) in [5.41, 5.74) is 7.64. The van der Waals surface area contributed by atoms with E-state index in [4.69, 9.17) is 5.73 Å². The van der Waals surface area contributed by atoms with Gasteiger partial charge in [-0.15, -0.1) is 0 Å². The van der Waals surface area contributed by atoms with Gasteiger partial charge in [0.25, 0.3) is 0 Å². The Bertz CT molecular complexity index is 386.